The fraction of sp³-hybridized carbons (Fsp3) is 0.300. The van der Waals surface area contributed by atoms with E-state index in [1.165, 1.54) is 7.05 Å². The SMILES string of the molecule is Cn1nc(-c2ccc(C(=O)N(CCCCl)Cc3ccccc3)s2)cc1C(F)(F)F. The summed E-state index contributed by atoms with van der Waals surface area (Å²) < 4.78 is 39.8. The molecule has 0 aliphatic rings. The molecule has 0 fully saturated rings. The van der Waals surface area contributed by atoms with Gasteiger partial charge in [-0.3, -0.25) is 9.48 Å². The molecule has 0 radical (unpaired) electrons. The van der Waals surface area contributed by atoms with Crippen LogP contribution in [0.5, 0.6) is 0 Å². The number of hydrogen-bond donors (Lipinski definition) is 0. The normalized spacial score (nSPS) is 11.6. The lowest BCUT2D eigenvalue weighted by Gasteiger charge is -2.22. The number of benzene rings is 1. The maximum absolute atomic E-state index is 13.0. The van der Waals surface area contributed by atoms with Crippen LogP contribution in [0, 0.1) is 0 Å². The molecule has 0 bridgehead atoms. The molecule has 3 rings (SSSR count). The summed E-state index contributed by atoms with van der Waals surface area (Å²) in [6.07, 6.45) is -3.84. The molecule has 0 saturated carbocycles. The lowest BCUT2D eigenvalue weighted by Crippen LogP contribution is -2.31. The van der Waals surface area contributed by atoms with Gasteiger partial charge in [-0.2, -0.15) is 18.3 Å². The molecular formula is C20H19ClF3N3OS. The predicted octanol–water partition coefficient (Wildman–Crippen LogP) is 5.44. The van der Waals surface area contributed by atoms with E-state index < -0.39 is 11.9 Å². The first-order valence-corrected chi connectivity index (χ1v) is 10.3. The number of thiophene rings is 1. The molecule has 29 heavy (non-hydrogen) atoms. The number of carbonyl (C=O) groups is 1. The molecule has 3 aromatic rings. The summed E-state index contributed by atoms with van der Waals surface area (Å²) in [5.41, 5.74) is 0.354. The Morgan fingerprint density at radius 3 is 2.55 bits per heavy atom. The molecule has 0 aliphatic carbocycles. The van der Waals surface area contributed by atoms with Crippen LogP contribution in [0.1, 0.15) is 27.3 Å². The molecule has 9 heteroatoms. The Bertz CT molecular complexity index is 969. The maximum atomic E-state index is 13.0. The van der Waals surface area contributed by atoms with Gasteiger partial charge in [0.1, 0.15) is 11.4 Å². The zero-order chi connectivity index (χ0) is 21.0. The Balaban J connectivity index is 1.82. The monoisotopic (exact) mass is 441 g/mol. The van der Waals surface area contributed by atoms with Gasteiger partial charge in [-0.05, 0) is 30.2 Å². The topological polar surface area (TPSA) is 38.1 Å². The van der Waals surface area contributed by atoms with Gasteiger partial charge in [0.15, 0.2) is 0 Å². The largest absolute Gasteiger partial charge is 0.433 e. The number of halogens is 4. The van der Waals surface area contributed by atoms with Crippen LogP contribution in [-0.4, -0.2) is 33.0 Å². The van der Waals surface area contributed by atoms with Crippen molar-refractivity contribution in [2.75, 3.05) is 12.4 Å². The van der Waals surface area contributed by atoms with Crippen LogP contribution in [0.4, 0.5) is 13.2 Å². The fourth-order valence-electron chi connectivity index (χ4n) is 2.91. The maximum Gasteiger partial charge on any atom is 0.433 e. The number of amides is 1. The molecule has 2 aromatic heterocycles. The molecule has 154 valence electrons. The molecule has 0 aliphatic heterocycles. The summed E-state index contributed by atoms with van der Waals surface area (Å²) in [5, 5.41) is 3.95. The Morgan fingerprint density at radius 2 is 1.93 bits per heavy atom. The van der Waals surface area contributed by atoms with E-state index in [4.69, 9.17) is 11.6 Å². The van der Waals surface area contributed by atoms with Crippen molar-refractivity contribution in [3.8, 4) is 10.6 Å². The van der Waals surface area contributed by atoms with Gasteiger partial charge in [0, 0.05) is 26.0 Å². The van der Waals surface area contributed by atoms with E-state index in [1.54, 1.807) is 17.0 Å². The second-order valence-electron chi connectivity index (χ2n) is 6.45. The minimum atomic E-state index is -4.48. The molecule has 0 N–H and O–H groups in total. The molecule has 0 atom stereocenters. The first-order chi connectivity index (χ1) is 13.8. The van der Waals surface area contributed by atoms with Crippen LogP contribution in [0.3, 0.4) is 0 Å². The molecule has 0 unspecified atom stereocenters. The highest BCUT2D eigenvalue weighted by Crippen LogP contribution is 2.34. The molecule has 1 amide bonds. The molecule has 0 spiro atoms. The predicted molar refractivity (Wildman–Crippen MR) is 108 cm³/mol. The van der Waals surface area contributed by atoms with E-state index in [1.807, 2.05) is 30.3 Å². The van der Waals surface area contributed by atoms with Gasteiger partial charge in [0.05, 0.1) is 9.75 Å². The van der Waals surface area contributed by atoms with Crippen molar-refractivity contribution >= 4 is 28.8 Å². The van der Waals surface area contributed by atoms with Crippen LogP contribution < -0.4 is 0 Å². The minimum absolute atomic E-state index is 0.179. The van der Waals surface area contributed by atoms with Gasteiger partial charge < -0.3 is 4.90 Å². The third-order valence-electron chi connectivity index (χ3n) is 4.30. The van der Waals surface area contributed by atoms with Crippen LogP contribution in [0.2, 0.25) is 0 Å². The van der Waals surface area contributed by atoms with Crippen LogP contribution in [0.25, 0.3) is 10.6 Å². The van der Waals surface area contributed by atoms with Crippen LogP contribution in [-0.2, 0) is 19.8 Å². The van der Waals surface area contributed by atoms with E-state index in [0.29, 0.717) is 35.1 Å². The Hall–Kier alpha value is -2.32. The van der Waals surface area contributed by atoms with Gasteiger partial charge in [-0.15, -0.1) is 22.9 Å². The number of alkyl halides is 4. The third kappa shape index (κ3) is 5.19. The van der Waals surface area contributed by atoms with E-state index in [2.05, 4.69) is 5.10 Å². The Kier molecular flexibility index (Phi) is 6.64. The molecule has 2 heterocycles. The van der Waals surface area contributed by atoms with Gasteiger partial charge in [0.25, 0.3) is 5.91 Å². The van der Waals surface area contributed by atoms with E-state index in [9.17, 15) is 18.0 Å². The van der Waals surface area contributed by atoms with Gasteiger partial charge in [-0.1, -0.05) is 30.3 Å². The lowest BCUT2D eigenvalue weighted by molar-refractivity contribution is -0.143. The van der Waals surface area contributed by atoms with Crippen molar-refractivity contribution in [1.29, 1.82) is 0 Å². The summed E-state index contributed by atoms with van der Waals surface area (Å²) in [5.74, 6) is 0.254. The zero-order valence-corrected chi connectivity index (χ0v) is 17.2. The van der Waals surface area contributed by atoms with Crippen molar-refractivity contribution < 1.29 is 18.0 Å². The van der Waals surface area contributed by atoms with Crippen LogP contribution >= 0.6 is 22.9 Å². The second-order valence-corrected chi connectivity index (χ2v) is 7.92. The van der Waals surface area contributed by atoms with Crippen molar-refractivity contribution in [3.05, 3.63) is 64.7 Å². The van der Waals surface area contributed by atoms with Gasteiger partial charge in [-0.25, -0.2) is 0 Å². The summed E-state index contributed by atoms with van der Waals surface area (Å²) in [4.78, 5) is 15.7. The van der Waals surface area contributed by atoms with Crippen molar-refractivity contribution in [3.63, 3.8) is 0 Å². The number of rotatable bonds is 7. The van der Waals surface area contributed by atoms with Crippen molar-refractivity contribution in [2.45, 2.75) is 19.1 Å². The van der Waals surface area contributed by atoms with Gasteiger partial charge in [0.2, 0.25) is 0 Å². The number of hydrogen-bond acceptors (Lipinski definition) is 3. The van der Waals surface area contributed by atoms with Crippen LogP contribution in [0.15, 0.2) is 48.5 Å². The van der Waals surface area contributed by atoms with E-state index >= 15 is 0 Å². The fourth-order valence-corrected chi connectivity index (χ4v) is 3.96. The Labute approximate surface area is 175 Å². The highest BCUT2D eigenvalue weighted by atomic mass is 35.5. The van der Waals surface area contributed by atoms with Crippen molar-refractivity contribution in [1.82, 2.24) is 14.7 Å². The highest BCUT2D eigenvalue weighted by molar-refractivity contribution is 7.17. The third-order valence-corrected chi connectivity index (χ3v) is 5.67. The zero-order valence-electron chi connectivity index (χ0n) is 15.6. The molecule has 1 aromatic carbocycles. The minimum Gasteiger partial charge on any atom is -0.334 e. The quantitative estimate of drug-likeness (QED) is 0.458. The highest BCUT2D eigenvalue weighted by Gasteiger charge is 2.35. The van der Waals surface area contributed by atoms with Crippen molar-refractivity contribution in [2.24, 2.45) is 7.05 Å². The first kappa shape index (κ1) is 21.4. The standard InChI is InChI=1S/C20H19ClF3N3OS/c1-26-18(20(22,23)24)12-15(25-26)16-8-9-17(29-16)19(28)27(11-5-10-21)13-14-6-3-2-4-7-14/h2-4,6-9,12H,5,10-11,13H2,1H3. The van der Waals surface area contributed by atoms with E-state index in [0.717, 1.165) is 27.6 Å². The number of carbonyl (C=O) groups excluding carboxylic acids is 1. The summed E-state index contributed by atoms with van der Waals surface area (Å²) in [7, 11) is 1.25. The molecule has 0 saturated heterocycles. The average molecular weight is 442 g/mol. The second kappa shape index (κ2) is 9.00. The lowest BCUT2D eigenvalue weighted by atomic mass is 10.2. The average Bonchev–Trinajstić information content (AvgIpc) is 3.32. The number of nitrogens with zero attached hydrogens (tertiary/aromatic N) is 3. The summed E-state index contributed by atoms with van der Waals surface area (Å²) in [6.45, 7) is 0.928. The first-order valence-electron chi connectivity index (χ1n) is 8.90. The summed E-state index contributed by atoms with van der Waals surface area (Å²) >= 11 is 6.93. The summed E-state index contributed by atoms with van der Waals surface area (Å²) in [6, 6.07) is 13.8. The number of aromatic nitrogens is 2. The van der Waals surface area contributed by atoms with E-state index in [-0.39, 0.29) is 11.6 Å². The molecule has 4 nitrogen and oxygen atoms in total. The smallest absolute Gasteiger partial charge is 0.334 e. The number of aryl methyl sites for hydroxylation is 1. The van der Waals surface area contributed by atoms with Gasteiger partial charge >= 0.3 is 6.18 Å². The Morgan fingerprint density at radius 1 is 1.21 bits per heavy atom. The molecular weight excluding hydrogens is 423 g/mol.